The van der Waals surface area contributed by atoms with E-state index in [-0.39, 0.29) is 6.54 Å². The molecule has 0 atom stereocenters. The lowest BCUT2D eigenvalue weighted by Crippen LogP contribution is -2.34. The molecule has 3 nitrogen and oxygen atoms in total. The van der Waals surface area contributed by atoms with Crippen molar-refractivity contribution >= 4 is 6.09 Å². The molecule has 0 unspecified atom stereocenters. The molecule has 112 valence electrons. The van der Waals surface area contributed by atoms with Crippen LogP contribution in [0.2, 0.25) is 0 Å². The molecule has 0 aliphatic carbocycles. The number of halogens is 3. The van der Waals surface area contributed by atoms with Crippen molar-refractivity contribution in [3.05, 3.63) is 35.4 Å². The van der Waals surface area contributed by atoms with E-state index in [4.69, 9.17) is 0 Å². The van der Waals surface area contributed by atoms with Crippen LogP contribution < -0.4 is 0 Å². The van der Waals surface area contributed by atoms with Crippen LogP contribution >= 0.6 is 0 Å². The normalized spacial score (nSPS) is 11.2. The van der Waals surface area contributed by atoms with E-state index in [1.54, 1.807) is 0 Å². The van der Waals surface area contributed by atoms with Crippen molar-refractivity contribution in [1.82, 2.24) is 4.90 Å². The summed E-state index contributed by atoms with van der Waals surface area (Å²) in [6, 6.07) is 7.46. The molecule has 0 radical (unpaired) electrons. The zero-order valence-corrected chi connectivity index (χ0v) is 11.5. The molecule has 0 fully saturated rings. The number of amides is 1. The first kappa shape index (κ1) is 16.3. The molecule has 1 aromatic carbocycles. The quantitative estimate of drug-likeness (QED) is 0.822. The van der Waals surface area contributed by atoms with Crippen LogP contribution in [0.5, 0.6) is 0 Å². The minimum absolute atomic E-state index is 0.241. The predicted octanol–water partition coefficient (Wildman–Crippen LogP) is 3.91. The van der Waals surface area contributed by atoms with Crippen LogP contribution in [0, 0.1) is 6.92 Å². The van der Waals surface area contributed by atoms with E-state index in [9.17, 15) is 18.0 Å². The Bertz CT molecular complexity index is 429. The Balaban J connectivity index is 2.63. The first-order chi connectivity index (χ1) is 9.31. The number of hydrogen-bond acceptors (Lipinski definition) is 2. The molecule has 20 heavy (non-hydrogen) atoms. The lowest BCUT2D eigenvalue weighted by atomic mass is 10.1. The van der Waals surface area contributed by atoms with E-state index in [2.05, 4.69) is 4.74 Å². The number of aryl methyl sites for hydroxylation is 1. The van der Waals surface area contributed by atoms with Gasteiger partial charge in [0.05, 0.1) is 0 Å². The Hall–Kier alpha value is -1.72. The second-order valence-electron chi connectivity index (χ2n) is 4.58. The predicted molar refractivity (Wildman–Crippen MR) is 69.3 cm³/mol. The third-order valence-corrected chi connectivity index (χ3v) is 2.61. The minimum Gasteiger partial charge on any atom is -0.440 e. The number of carbonyl (C=O) groups is 1. The number of benzene rings is 1. The summed E-state index contributed by atoms with van der Waals surface area (Å²) in [6.45, 7) is 2.82. The average Bonchev–Trinajstić information content (AvgIpc) is 2.37. The Morgan fingerprint density at radius 1 is 1.25 bits per heavy atom. The van der Waals surface area contributed by atoms with Crippen LogP contribution in [0.3, 0.4) is 0 Å². The van der Waals surface area contributed by atoms with Crippen molar-refractivity contribution in [1.29, 1.82) is 0 Å². The molecular weight excluding hydrogens is 271 g/mol. The maximum atomic E-state index is 12.0. The third-order valence-electron chi connectivity index (χ3n) is 2.61. The summed E-state index contributed by atoms with van der Waals surface area (Å²) in [5.41, 5.74) is 1.93. The molecule has 1 aromatic rings. The molecule has 0 aliphatic heterocycles. The summed E-state index contributed by atoms with van der Waals surface area (Å²) in [7, 11) is 0. The fourth-order valence-electron chi connectivity index (χ4n) is 1.65. The van der Waals surface area contributed by atoms with E-state index in [1.807, 2.05) is 38.1 Å². The molecule has 0 aromatic heterocycles. The highest BCUT2D eigenvalue weighted by molar-refractivity contribution is 5.67. The lowest BCUT2D eigenvalue weighted by Gasteiger charge is -2.22. The van der Waals surface area contributed by atoms with Crippen LogP contribution in [-0.4, -0.2) is 30.3 Å². The first-order valence-electron chi connectivity index (χ1n) is 6.36. The second-order valence-corrected chi connectivity index (χ2v) is 4.58. The van der Waals surface area contributed by atoms with E-state index in [1.165, 1.54) is 4.90 Å². The number of nitrogens with zero attached hydrogens (tertiary/aromatic N) is 1. The molecule has 0 N–H and O–H groups in total. The topological polar surface area (TPSA) is 29.5 Å². The molecule has 0 bridgehead atoms. The van der Waals surface area contributed by atoms with Gasteiger partial charge in [-0.3, -0.25) is 0 Å². The third kappa shape index (κ3) is 5.95. The number of carbonyl (C=O) groups excluding carboxylic acids is 1. The van der Waals surface area contributed by atoms with Crippen molar-refractivity contribution < 1.29 is 22.7 Å². The van der Waals surface area contributed by atoms with Gasteiger partial charge in [-0.15, -0.1) is 0 Å². The van der Waals surface area contributed by atoms with E-state index in [0.717, 1.165) is 11.1 Å². The van der Waals surface area contributed by atoms with Gasteiger partial charge in [-0.25, -0.2) is 4.79 Å². The van der Waals surface area contributed by atoms with Gasteiger partial charge in [0.15, 0.2) is 6.61 Å². The molecule has 6 heteroatoms. The van der Waals surface area contributed by atoms with Crippen molar-refractivity contribution in [2.45, 2.75) is 33.0 Å². The summed E-state index contributed by atoms with van der Waals surface area (Å²) in [5, 5.41) is 0. The molecule has 1 rings (SSSR count). The fourth-order valence-corrected chi connectivity index (χ4v) is 1.65. The van der Waals surface area contributed by atoms with Crippen molar-refractivity contribution in [2.24, 2.45) is 0 Å². The van der Waals surface area contributed by atoms with Crippen LogP contribution in [0.4, 0.5) is 18.0 Å². The molecule has 0 saturated carbocycles. The van der Waals surface area contributed by atoms with Gasteiger partial charge in [0.25, 0.3) is 0 Å². The Labute approximate surface area is 116 Å². The summed E-state index contributed by atoms with van der Waals surface area (Å²) in [5.74, 6) is 0. The molecule has 1 amide bonds. The highest BCUT2D eigenvalue weighted by Gasteiger charge is 2.30. The van der Waals surface area contributed by atoms with Crippen LogP contribution in [-0.2, 0) is 11.3 Å². The molecule has 0 aliphatic rings. The minimum atomic E-state index is -4.50. The van der Waals surface area contributed by atoms with Gasteiger partial charge in [-0.1, -0.05) is 36.8 Å². The monoisotopic (exact) mass is 289 g/mol. The highest BCUT2D eigenvalue weighted by atomic mass is 19.4. The number of alkyl halides is 3. The maximum absolute atomic E-state index is 12.0. The standard InChI is InChI=1S/C14H18F3NO2/c1-3-8-18(13(19)20-10-14(15,16)17)9-12-6-4-11(2)5-7-12/h4-7H,3,8-10H2,1-2H3. The Morgan fingerprint density at radius 3 is 2.35 bits per heavy atom. The number of hydrogen-bond donors (Lipinski definition) is 0. The van der Waals surface area contributed by atoms with E-state index in [0.29, 0.717) is 13.0 Å². The molecule has 0 spiro atoms. The van der Waals surface area contributed by atoms with Gasteiger partial charge in [0, 0.05) is 13.1 Å². The SMILES string of the molecule is CCCN(Cc1ccc(C)cc1)C(=O)OCC(F)(F)F. The average molecular weight is 289 g/mol. The number of ether oxygens (including phenoxy) is 1. The van der Waals surface area contributed by atoms with Crippen molar-refractivity contribution in [3.63, 3.8) is 0 Å². The highest BCUT2D eigenvalue weighted by Crippen LogP contribution is 2.16. The van der Waals surface area contributed by atoms with Crippen LogP contribution in [0.15, 0.2) is 24.3 Å². The zero-order valence-electron chi connectivity index (χ0n) is 11.5. The van der Waals surface area contributed by atoms with Crippen LogP contribution in [0.1, 0.15) is 24.5 Å². The van der Waals surface area contributed by atoms with Gasteiger partial charge in [0.2, 0.25) is 0 Å². The van der Waals surface area contributed by atoms with Gasteiger partial charge in [-0.05, 0) is 18.9 Å². The molecule has 0 saturated heterocycles. The van der Waals surface area contributed by atoms with Crippen molar-refractivity contribution in [2.75, 3.05) is 13.2 Å². The smallest absolute Gasteiger partial charge is 0.422 e. The summed E-state index contributed by atoms with van der Waals surface area (Å²) in [6.07, 6.45) is -4.80. The van der Waals surface area contributed by atoms with E-state index >= 15 is 0 Å². The number of rotatable bonds is 5. The van der Waals surface area contributed by atoms with Crippen LogP contribution in [0.25, 0.3) is 0 Å². The summed E-state index contributed by atoms with van der Waals surface area (Å²) < 4.78 is 40.4. The maximum Gasteiger partial charge on any atom is 0.422 e. The largest absolute Gasteiger partial charge is 0.440 e. The first-order valence-corrected chi connectivity index (χ1v) is 6.36. The van der Waals surface area contributed by atoms with Gasteiger partial charge in [0.1, 0.15) is 0 Å². The van der Waals surface area contributed by atoms with E-state index < -0.39 is 18.9 Å². The van der Waals surface area contributed by atoms with Gasteiger partial charge in [-0.2, -0.15) is 13.2 Å². The summed E-state index contributed by atoms with van der Waals surface area (Å²) >= 11 is 0. The Kier molecular flexibility index (Phi) is 5.85. The fraction of sp³-hybridized carbons (Fsp3) is 0.500. The van der Waals surface area contributed by atoms with Crippen molar-refractivity contribution in [3.8, 4) is 0 Å². The lowest BCUT2D eigenvalue weighted by molar-refractivity contribution is -0.162. The van der Waals surface area contributed by atoms with Gasteiger partial charge < -0.3 is 9.64 Å². The molecule has 0 heterocycles. The summed E-state index contributed by atoms with van der Waals surface area (Å²) in [4.78, 5) is 12.9. The Morgan fingerprint density at radius 2 is 1.85 bits per heavy atom. The second kappa shape index (κ2) is 7.17. The molecular formula is C14H18F3NO2. The zero-order chi connectivity index (χ0) is 15.2. The van der Waals surface area contributed by atoms with Gasteiger partial charge >= 0.3 is 12.3 Å².